The third-order valence-corrected chi connectivity index (χ3v) is 2.32. The number of allylic oxidation sites excluding steroid dienone is 1. The lowest BCUT2D eigenvalue weighted by molar-refractivity contribution is -0.141. The topological polar surface area (TPSA) is 26.3 Å². The molecule has 1 aromatic rings. The van der Waals surface area contributed by atoms with Crippen LogP contribution < -0.4 is 0 Å². The molecule has 0 N–H and O–H groups in total. The lowest BCUT2D eigenvalue weighted by Gasteiger charge is -2.12. The Hall–Kier alpha value is -2.01. The number of carbonyl (C=O) groups excluding carboxylic acids is 1. The van der Waals surface area contributed by atoms with E-state index in [4.69, 9.17) is 4.74 Å². The Morgan fingerprint density at radius 1 is 1.25 bits per heavy atom. The molecule has 1 aromatic carbocycles. The molecule has 1 heterocycles. The first-order valence-electron chi connectivity index (χ1n) is 5.29. The summed E-state index contributed by atoms with van der Waals surface area (Å²) in [6.07, 6.45) is 3.32. The molecule has 2 rings (SSSR count). The van der Waals surface area contributed by atoms with Gasteiger partial charge in [0.05, 0.1) is 6.61 Å². The molecule has 0 unspecified atom stereocenters. The van der Waals surface area contributed by atoms with Crippen LogP contribution >= 0.6 is 0 Å². The molecule has 16 heavy (non-hydrogen) atoms. The number of ether oxygens (including phenoxy) is 1. The highest BCUT2D eigenvalue weighted by molar-refractivity contribution is 5.89. The van der Waals surface area contributed by atoms with E-state index in [1.807, 2.05) is 30.3 Å². The fourth-order valence-corrected chi connectivity index (χ4v) is 1.48. The van der Waals surface area contributed by atoms with Crippen LogP contribution in [0.1, 0.15) is 18.4 Å². The van der Waals surface area contributed by atoms with Gasteiger partial charge in [-0.05, 0) is 31.1 Å². The average Bonchev–Trinajstić information content (AvgIpc) is 2.33. The van der Waals surface area contributed by atoms with Gasteiger partial charge in [0, 0.05) is 11.1 Å². The molecule has 80 valence electrons. The van der Waals surface area contributed by atoms with Gasteiger partial charge in [-0.1, -0.05) is 30.0 Å². The van der Waals surface area contributed by atoms with Gasteiger partial charge in [0.1, 0.15) is 0 Å². The lowest BCUT2D eigenvalue weighted by atomic mass is 10.1. The van der Waals surface area contributed by atoms with E-state index in [-0.39, 0.29) is 5.97 Å². The normalized spacial score (nSPS) is 17.5. The minimum absolute atomic E-state index is 0.228. The number of cyclic esters (lactones) is 1. The van der Waals surface area contributed by atoms with Gasteiger partial charge in [0.15, 0.2) is 0 Å². The number of esters is 1. The molecule has 0 aromatic heterocycles. The monoisotopic (exact) mass is 212 g/mol. The van der Waals surface area contributed by atoms with Crippen molar-refractivity contribution in [1.29, 1.82) is 0 Å². The van der Waals surface area contributed by atoms with Crippen molar-refractivity contribution in [1.82, 2.24) is 0 Å². The first-order valence-corrected chi connectivity index (χ1v) is 5.29. The van der Waals surface area contributed by atoms with Gasteiger partial charge in [-0.2, -0.15) is 0 Å². The SMILES string of the molecule is O=C1OCCCC1=CC#Cc1ccccc1. The zero-order chi connectivity index (χ0) is 11.2. The van der Waals surface area contributed by atoms with Gasteiger partial charge >= 0.3 is 5.97 Å². The molecule has 1 aliphatic rings. The van der Waals surface area contributed by atoms with Crippen LogP contribution in [0.2, 0.25) is 0 Å². The van der Waals surface area contributed by atoms with E-state index in [1.165, 1.54) is 0 Å². The minimum Gasteiger partial charge on any atom is -0.462 e. The molecule has 1 aliphatic heterocycles. The molecule has 0 bridgehead atoms. The molecule has 1 saturated heterocycles. The molecule has 2 heteroatoms. The van der Waals surface area contributed by atoms with Crippen molar-refractivity contribution in [3.05, 3.63) is 47.5 Å². The molecule has 0 aliphatic carbocycles. The molecular formula is C14H12O2. The van der Waals surface area contributed by atoms with Crippen LogP contribution in [0.25, 0.3) is 0 Å². The van der Waals surface area contributed by atoms with Gasteiger partial charge in [0.25, 0.3) is 0 Å². The molecule has 0 saturated carbocycles. The lowest BCUT2D eigenvalue weighted by Crippen LogP contribution is -2.15. The second kappa shape index (κ2) is 5.18. The zero-order valence-electron chi connectivity index (χ0n) is 8.90. The number of hydrogen-bond acceptors (Lipinski definition) is 2. The van der Waals surface area contributed by atoms with Gasteiger partial charge in [-0.15, -0.1) is 0 Å². The van der Waals surface area contributed by atoms with Gasteiger partial charge in [-0.3, -0.25) is 0 Å². The van der Waals surface area contributed by atoms with Crippen LogP contribution in [0.3, 0.4) is 0 Å². The largest absolute Gasteiger partial charge is 0.462 e. The van der Waals surface area contributed by atoms with Gasteiger partial charge < -0.3 is 4.74 Å². The van der Waals surface area contributed by atoms with E-state index < -0.39 is 0 Å². The Kier molecular flexibility index (Phi) is 3.40. The second-order valence-electron chi connectivity index (χ2n) is 3.54. The van der Waals surface area contributed by atoms with E-state index in [0.717, 1.165) is 18.4 Å². The third-order valence-electron chi connectivity index (χ3n) is 2.32. The van der Waals surface area contributed by atoms with E-state index >= 15 is 0 Å². The number of rotatable bonds is 0. The second-order valence-corrected chi connectivity index (χ2v) is 3.54. The first-order chi connectivity index (χ1) is 7.86. The van der Waals surface area contributed by atoms with Crippen LogP contribution in [0.15, 0.2) is 42.0 Å². The van der Waals surface area contributed by atoms with Gasteiger partial charge in [-0.25, -0.2) is 4.79 Å². The highest BCUT2D eigenvalue weighted by atomic mass is 16.5. The highest BCUT2D eigenvalue weighted by Crippen LogP contribution is 2.13. The van der Waals surface area contributed by atoms with Crippen molar-refractivity contribution in [2.45, 2.75) is 12.8 Å². The van der Waals surface area contributed by atoms with Crippen molar-refractivity contribution >= 4 is 5.97 Å². The van der Waals surface area contributed by atoms with Crippen molar-refractivity contribution in [2.24, 2.45) is 0 Å². The van der Waals surface area contributed by atoms with Crippen LogP contribution in [-0.4, -0.2) is 12.6 Å². The summed E-state index contributed by atoms with van der Waals surface area (Å²) in [4.78, 5) is 11.3. The van der Waals surface area contributed by atoms with E-state index in [2.05, 4.69) is 11.8 Å². The highest BCUT2D eigenvalue weighted by Gasteiger charge is 2.14. The molecular weight excluding hydrogens is 200 g/mol. The molecule has 0 atom stereocenters. The van der Waals surface area contributed by atoms with Crippen LogP contribution in [0.4, 0.5) is 0 Å². The Bertz CT molecular complexity index is 461. The maximum Gasteiger partial charge on any atom is 0.334 e. The first kappa shape index (κ1) is 10.5. The van der Waals surface area contributed by atoms with Gasteiger partial charge in [0.2, 0.25) is 0 Å². The van der Waals surface area contributed by atoms with Crippen molar-refractivity contribution in [3.63, 3.8) is 0 Å². The van der Waals surface area contributed by atoms with E-state index in [9.17, 15) is 4.79 Å². The Morgan fingerprint density at radius 2 is 2.06 bits per heavy atom. The van der Waals surface area contributed by atoms with Crippen LogP contribution in [-0.2, 0) is 9.53 Å². The van der Waals surface area contributed by atoms with Crippen molar-refractivity contribution < 1.29 is 9.53 Å². The maximum absolute atomic E-state index is 11.3. The quantitative estimate of drug-likeness (QED) is 0.375. The van der Waals surface area contributed by atoms with Crippen molar-refractivity contribution in [2.75, 3.05) is 6.61 Å². The minimum atomic E-state index is -0.228. The fourth-order valence-electron chi connectivity index (χ4n) is 1.48. The zero-order valence-corrected chi connectivity index (χ0v) is 8.90. The predicted molar refractivity (Wildman–Crippen MR) is 61.6 cm³/mol. The average molecular weight is 212 g/mol. The Morgan fingerprint density at radius 3 is 2.81 bits per heavy atom. The number of hydrogen-bond donors (Lipinski definition) is 0. The van der Waals surface area contributed by atoms with Crippen LogP contribution in [0, 0.1) is 11.8 Å². The van der Waals surface area contributed by atoms with Crippen LogP contribution in [0.5, 0.6) is 0 Å². The summed E-state index contributed by atoms with van der Waals surface area (Å²) < 4.78 is 4.92. The Balaban J connectivity index is 2.08. The summed E-state index contributed by atoms with van der Waals surface area (Å²) in [5, 5.41) is 0. The smallest absolute Gasteiger partial charge is 0.334 e. The summed E-state index contributed by atoms with van der Waals surface area (Å²) in [5.74, 6) is 5.64. The van der Waals surface area contributed by atoms with E-state index in [1.54, 1.807) is 6.08 Å². The molecule has 2 nitrogen and oxygen atoms in total. The molecule has 0 spiro atoms. The summed E-state index contributed by atoms with van der Waals surface area (Å²) in [7, 11) is 0. The summed E-state index contributed by atoms with van der Waals surface area (Å²) in [6.45, 7) is 0.530. The standard InChI is InChI=1S/C14H12O2/c15-14-13(10-5-11-16-14)9-4-8-12-6-2-1-3-7-12/h1-3,6-7,9H,5,10-11H2. The third kappa shape index (κ3) is 2.74. The molecule has 1 fully saturated rings. The summed E-state index contributed by atoms with van der Waals surface area (Å²) in [6, 6.07) is 9.69. The summed E-state index contributed by atoms with van der Waals surface area (Å²) >= 11 is 0. The summed E-state index contributed by atoms with van der Waals surface area (Å²) in [5.41, 5.74) is 1.62. The van der Waals surface area contributed by atoms with E-state index in [0.29, 0.717) is 12.2 Å². The fraction of sp³-hybridized carbons (Fsp3) is 0.214. The molecule has 0 radical (unpaired) electrons. The predicted octanol–water partition coefficient (Wildman–Crippen LogP) is 2.30. The number of carbonyl (C=O) groups is 1. The number of benzene rings is 1. The molecule has 0 amide bonds. The van der Waals surface area contributed by atoms with Crippen molar-refractivity contribution in [3.8, 4) is 11.8 Å². The Labute approximate surface area is 94.9 Å². The maximum atomic E-state index is 11.3.